The minimum absolute atomic E-state index is 0.342. The van der Waals surface area contributed by atoms with Gasteiger partial charge in [0.1, 0.15) is 12.2 Å². The number of rotatable bonds is 1. The highest BCUT2D eigenvalue weighted by molar-refractivity contribution is 4.98. The highest BCUT2D eigenvalue weighted by atomic mass is 19.1. The highest BCUT2D eigenvalue weighted by Crippen LogP contribution is 2.33. The van der Waals surface area contributed by atoms with Crippen LogP contribution >= 0.6 is 0 Å². The summed E-state index contributed by atoms with van der Waals surface area (Å²) in [5, 5.41) is 17.9. The predicted molar refractivity (Wildman–Crippen MR) is 36.9 cm³/mol. The maximum atomic E-state index is 13.3. The first-order valence-electron chi connectivity index (χ1n) is 3.63. The van der Waals surface area contributed by atoms with Crippen molar-refractivity contribution in [2.24, 2.45) is 0 Å². The van der Waals surface area contributed by atoms with Gasteiger partial charge in [-0.3, -0.25) is 0 Å². The van der Waals surface area contributed by atoms with E-state index in [1.165, 1.54) is 6.92 Å². The lowest BCUT2D eigenvalue weighted by Gasteiger charge is -2.20. The molecule has 11 heavy (non-hydrogen) atoms. The molecule has 4 heteroatoms. The Morgan fingerprint density at radius 3 is 2.36 bits per heavy atom. The van der Waals surface area contributed by atoms with Crippen molar-refractivity contribution < 1.29 is 19.3 Å². The number of hydrogen-bond acceptors (Lipinski definition) is 3. The number of aliphatic hydroxyl groups is 2. The van der Waals surface area contributed by atoms with Crippen molar-refractivity contribution in [1.82, 2.24) is 0 Å². The summed E-state index contributed by atoms with van der Waals surface area (Å²) < 4.78 is 18.3. The molecule has 2 N–H and O–H groups in total. The zero-order chi connectivity index (χ0) is 8.65. The molecule has 1 aliphatic heterocycles. The SMILES string of the molecule is CC1O[C@H](CO)C(O)C1(C)F. The summed E-state index contributed by atoms with van der Waals surface area (Å²) in [5.74, 6) is 0. The first-order chi connectivity index (χ1) is 5.00. The van der Waals surface area contributed by atoms with E-state index < -0.39 is 24.0 Å². The molecule has 0 aromatic rings. The van der Waals surface area contributed by atoms with Crippen LogP contribution in [0.1, 0.15) is 13.8 Å². The van der Waals surface area contributed by atoms with Gasteiger partial charge in [-0.05, 0) is 13.8 Å². The van der Waals surface area contributed by atoms with Crippen molar-refractivity contribution in [1.29, 1.82) is 0 Å². The van der Waals surface area contributed by atoms with Crippen molar-refractivity contribution in [3.05, 3.63) is 0 Å². The summed E-state index contributed by atoms with van der Waals surface area (Å²) >= 11 is 0. The zero-order valence-electron chi connectivity index (χ0n) is 6.62. The average molecular weight is 164 g/mol. The van der Waals surface area contributed by atoms with Gasteiger partial charge in [-0.1, -0.05) is 0 Å². The summed E-state index contributed by atoms with van der Waals surface area (Å²) in [6, 6.07) is 0. The maximum absolute atomic E-state index is 13.3. The van der Waals surface area contributed by atoms with Crippen molar-refractivity contribution >= 4 is 0 Å². The molecule has 0 aromatic carbocycles. The molecule has 0 bridgehead atoms. The Labute approximate surface area is 64.8 Å². The van der Waals surface area contributed by atoms with Crippen molar-refractivity contribution in [3.63, 3.8) is 0 Å². The van der Waals surface area contributed by atoms with Crippen LogP contribution in [-0.2, 0) is 4.74 Å². The molecule has 0 saturated carbocycles. The van der Waals surface area contributed by atoms with E-state index in [0.29, 0.717) is 0 Å². The van der Waals surface area contributed by atoms with E-state index in [1.54, 1.807) is 6.92 Å². The largest absolute Gasteiger partial charge is 0.394 e. The minimum atomic E-state index is -1.74. The van der Waals surface area contributed by atoms with Gasteiger partial charge in [0.25, 0.3) is 0 Å². The van der Waals surface area contributed by atoms with Crippen LogP contribution in [0, 0.1) is 0 Å². The summed E-state index contributed by atoms with van der Waals surface area (Å²) in [4.78, 5) is 0. The van der Waals surface area contributed by atoms with Gasteiger partial charge in [-0.2, -0.15) is 0 Å². The Morgan fingerprint density at radius 2 is 2.18 bits per heavy atom. The van der Waals surface area contributed by atoms with E-state index in [2.05, 4.69) is 0 Å². The molecule has 1 saturated heterocycles. The quantitative estimate of drug-likeness (QED) is 0.567. The Balaban J connectivity index is 2.71. The maximum Gasteiger partial charge on any atom is 0.162 e. The Morgan fingerprint density at radius 1 is 1.64 bits per heavy atom. The van der Waals surface area contributed by atoms with Crippen LogP contribution in [0.3, 0.4) is 0 Å². The molecule has 66 valence electrons. The van der Waals surface area contributed by atoms with E-state index in [4.69, 9.17) is 9.84 Å². The average Bonchev–Trinajstić information content (AvgIpc) is 2.14. The normalized spacial score (nSPS) is 51.5. The highest BCUT2D eigenvalue weighted by Gasteiger charge is 2.51. The van der Waals surface area contributed by atoms with Crippen LogP contribution in [0.25, 0.3) is 0 Å². The first kappa shape index (κ1) is 8.90. The summed E-state index contributed by atoms with van der Waals surface area (Å²) in [6.07, 6.45) is -2.66. The second-order valence-electron chi connectivity index (χ2n) is 3.10. The monoisotopic (exact) mass is 164 g/mol. The molecule has 3 unspecified atom stereocenters. The smallest absolute Gasteiger partial charge is 0.162 e. The summed E-state index contributed by atoms with van der Waals surface area (Å²) in [6.45, 7) is 2.47. The molecule has 3 nitrogen and oxygen atoms in total. The van der Waals surface area contributed by atoms with Gasteiger partial charge in [0.15, 0.2) is 5.67 Å². The van der Waals surface area contributed by atoms with Crippen LogP contribution in [0.4, 0.5) is 4.39 Å². The fraction of sp³-hybridized carbons (Fsp3) is 1.00. The lowest BCUT2D eigenvalue weighted by molar-refractivity contribution is -0.0172. The molecular formula is C7H13FO3. The van der Waals surface area contributed by atoms with E-state index in [1.807, 2.05) is 0 Å². The Bertz CT molecular complexity index is 149. The first-order valence-corrected chi connectivity index (χ1v) is 3.63. The number of hydrogen-bond donors (Lipinski definition) is 2. The van der Waals surface area contributed by atoms with Crippen molar-refractivity contribution in [2.75, 3.05) is 6.61 Å². The topological polar surface area (TPSA) is 49.7 Å². The molecule has 1 fully saturated rings. The molecule has 1 heterocycles. The van der Waals surface area contributed by atoms with E-state index in [-0.39, 0.29) is 6.61 Å². The molecule has 0 aromatic heterocycles. The van der Waals surface area contributed by atoms with Gasteiger partial charge in [-0.25, -0.2) is 4.39 Å². The van der Waals surface area contributed by atoms with Gasteiger partial charge >= 0.3 is 0 Å². The summed E-state index contributed by atoms with van der Waals surface area (Å²) in [5.41, 5.74) is -1.74. The molecule has 0 radical (unpaired) electrons. The molecule has 0 amide bonds. The number of aliphatic hydroxyl groups excluding tert-OH is 2. The third-order valence-corrected chi connectivity index (χ3v) is 2.28. The molecule has 0 aliphatic carbocycles. The Hall–Kier alpha value is -0.190. The third-order valence-electron chi connectivity index (χ3n) is 2.28. The molecule has 4 atom stereocenters. The number of ether oxygens (including phenoxy) is 1. The molecule has 1 rings (SSSR count). The van der Waals surface area contributed by atoms with E-state index in [0.717, 1.165) is 0 Å². The van der Waals surface area contributed by atoms with Gasteiger partial charge in [0.2, 0.25) is 0 Å². The Kier molecular flexibility index (Phi) is 2.18. The second kappa shape index (κ2) is 2.69. The third kappa shape index (κ3) is 1.26. The van der Waals surface area contributed by atoms with E-state index in [9.17, 15) is 9.50 Å². The number of halogens is 1. The lowest BCUT2D eigenvalue weighted by atomic mass is 9.96. The molecular weight excluding hydrogens is 151 g/mol. The lowest BCUT2D eigenvalue weighted by Crippen LogP contribution is -2.40. The number of alkyl halides is 1. The molecule has 0 spiro atoms. The predicted octanol–water partition coefficient (Wildman–Crippen LogP) is -0.145. The zero-order valence-corrected chi connectivity index (χ0v) is 6.62. The van der Waals surface area contributed by atoms with Gasteiger partial charge in [-0.15, -0.1) is 0 Å². The van der Waals surface area contributed by atoms with Crippen molar-refractivity contribution in [3.8, 4) is 0 Å². The molecule has 1 aliphatic rings. The van der Waals surface area contributed by atoms with E-state index >= 15 is 0 Å². The van der Waals surface area contributed by atoms with Crippen LogP contribution in [0.15, 0.2) is 0 Å². The standard InChI is InChI=1S/C7H13FO3/c1-4-7(2,8)6(10)5(3-9)11-4/h4-6,9-10H,3H2,1-2H3/t4?,5-,6?,7?/m1/s1. The van der Waals surface area contributed by atoms with Gasteiger partial charge in [0.05, 0.1) is 12.7 Å². The van der Waals surface area contributed by atoms with Crippen LogP contribution < -0.4 is 0 Å². The van der Waals surface area contributed by atoms with Gasteiger partial charge < -0.3 is 14.9 Å². The van der Waals surface area contributed by atoms with Crippen LogP contribution in [0.2, 0.25) is 0 Å². The second-order valence-corrected chi connectivity index (χ2v) is 3.10. The minimum Gasteiger partial charge on any atom is -0.394 e. The fourth-order valence-corrected chi connectivity index (χ4v) is 1.22. The summed E-state index contributed by atoms with van der Waals surface area (Å²) in [7, 11) is 0. The van der Waals surface area contributed by atoms with Crippen LogP contribution in [0.5, 0.6) is 0 Å². The van der Waals surface area contributed by atoms with Gasteiger partial charge in [0, 0.05) is 0 Å². The fourth-order valence-electron chi connectivity index (χ4n) is 1.22. The van der Waals surface area contributed by atoms with Crippen molar-refractivity contribution in [2.45, 2.75) is 37.8 Å². The van der Waals surface area contributed by atoms with Crippen LogP contribution in [-0.4, -0.2) is 40.8 Å².